The van der Waals surface area contributed by atoms with Gasteiger partial charge in [-0.3, -0.25) is 4.79 Å². The van der Waals surface area contributed by atoms with E-state index in [0.29, 0.717) is 12.2 Å². The number of benzene rings is 2. The molecule has 2 aromatic rings. The van der Waals surface area contributed by atoms with Crippen LogP contribution in [0.4, 0.5) is 10.1 Å². The SMILES string of the molecule is COc1ccc2c3c1OC1C(=O)CCC4(Nc5ccc(F)cc5)C(C2)N(C)CCC314. The van der Waals surface area contributed by atoms with Crippen molar-refractivity contribution in [2.24, 2.45) is 0 Å². The molecule has 2 bridgehead atoms. The van der Waals surface area contributed by atoms with Crippen molar-refractivity contribution in [1.29, 1.82) is 0 Å². The molecule has 0 radical (unpaired) electrons. The van der Waals surface area contributed by atoms with Crippen LogP contribution in [0, 0.1) is 5.82 Å². The van der Waals surface area contributed by atoms with E-state index >= 15 is 0 Å². The number of ether oxygens (including phenoxy) is 2. The van der Waals surface area contributed by atoms with Gasteiger partial charge in [-0.05, 0) is 68.8 Å². The molecule has 6 heteroatoms. The van der Waals surface area contributed by atoms with E-state index in [4.69, 9.17) is 9.47 Å². The molecule has 2 fully saturated rings. The number of nitrogens with zero attached hydrogens (tertiary/aromatic N) is 1. The Morgan fingerprint density at radius 2 is 2.00 bits per heavy atom. The fourth-order valence-corrected chi connectivity index (χ4v) is 6.78. The van der Waals surface area contributed by atoms with E-state index in [9.17, 15) is 9.18 Å². The maximum atomic E-state index is 13.6. The van der Waals surface area contributed by atoms with Gasteiger partial charge >= 0.3 is 0 Å². The van der Waals surface area contributed by atoms with Crippen molar-refractivity contribution < 1.29 is 18.7 Å². The first-order valence-corrected chi connectivity index (χ1v) is 10.6. The number of carbonyl (C=O) groups is 1. The second-order valence-corrected chi connectivity index (χ2v) is 9.12. The topological polar surface area (TPSA) is 50.8 Å². The minimum absolute atomic E-state index is 0.168. The van der Waals surface area contributed by atoms with Crippen LogP contribution >= 0.6 is 0 Å². The predicted octanol–water partition coefficient (Wildman–Crippen LogP) is 3.31. The number of anilines is 1. The highest BCUT2D eigenvalue weighted by Crippen LogP contribution is 2.65. The molecule has 0 amide bonds. The molecule has 30 heavy (non-hydrogen) atoms. The van der Waals surface area contributed by atoms with Crippen molar-refractivity contribution in [1.82, 2.24) is 4.90 Å². The summed E-state index contributed by atoms with van der Waals surface area (Å²) in [6, 6.07) is 10.9. The van der Waals surface area contributed by atoms with Crippen LogP contribution in [-0.4, -0.2) is 49.1 Å². The lowest BCUT2D eigenvalue weighted by Crippen LogP contribution is -2.78. The average Bonchev–Trinajstić information content (AvgIpc) is 3.10. The average molecular weight is 408 g/mol. The van der Waals surface area contributed by atoms with Crippen LogP contribution in [0.1, 0.15) is 30.4 Å². The van der Waals surface area contributed by atoms with Crippen molar-refractivity contribution >= 4 is 11.5 Å². The summed E-state index contributed by atoms with van der Waals surface area (Å²) in [5.74, 6) is 1.35. The van der Waals surface area contributed by atoms with Crippen molar-refractivity contribution in [3.8, 4) is 11.5 Å². The number of ketones is 1. The molecule has 2 aliphatic carbocycles. The summed E-state index contributed by atoms with van der Waals surface area (Å²) in [6.45, 7) is 0.904. The highest BCUT2D eigenvalue weighted by atomic mass is 19.1. The van der Waals surface area contributed by atoms with Gasteiger partial charge in [0.2, 0.25) is 0 Å². The molecule has 2 aromatic carbocycles. The molecular formula is C24H25FN2O3. The molecule has 2 heterocycles. The summed E-state index contributed by atoms with van der Waals surface area (Å²) in [4.78, 5) is 15.6. The molecule has 1 saturated heterocycles. The number of hydrogen-bond donors (Lipinski definition) is 1. The van der Waals surface area contributed by atoms with Gasteiger partial charge in [-0.25, -0.2) is 4.39 Å². The third kappa shape index (κ3) is 2.03. The number of carbonyl (C=O) groups excluding carboxylic acids is 1. The van der Waals surface area contributed by atoms with Gasteiger partial charge in [0.05, 0.1) is 18.1 Å². The van der Waals surface area contributed by atoms with Crippen LogP contribution in [0.2, 0.25) is 0 Å². The van der Waals surface area contributed by atoms with Gasteiger partial charge in [-0.15, -0.1) is 0 Å². The summed E-state index contributed by atoms with van der Waals surface area (Å²) in [7, 11) is 3.82. The van der Waals surface area contributed by atoms with Gasteiger partial charge in [-0.1, -0.05) is 6.07 Å². The first-order valence-electron chi connectivity index (χ1n) is 10.6. The van der Waals surface area contributed by atoms with Crippen LogP contribution < -0.4 is 14.8 Å². The lowest BCUT2D eigenvalue weighted by Gasteiger charge is -2.65. The van der Waals surface area contributed by atoms with Crippen LogP contribution in [0.15, 0.2) is 36.4 Å². The zero-order valence-electron chi connectivity index (χ0n) is 17.2. The molecule has 4 aliphatic rings. The summed E-state index contributed by atoms with van der Waals surface area (Å²) < 4.78 is 25.6. The third-order valence-electron chi connectivity index (χ3n) is 8.00. The number of likely N-dealkylation sites (tertiary alicyclic amines) is 1. The first kappa shape index (κ1) is 18.2. The van der Waals surface area contributed by atoms with Crippen molar-refractivity contribution in [2.45, 2.75) is 48.8 Å². The maximum Gasteiger partial charge on any atom is 0.174 e. The van der Waals surface area contributed by atoms with Gasteiger partial charge in [-0.2, -0.15) is 0 Å². The zero-order valence-corrected chi connectivity index (χ0v) is 17.2. The molecule has 6 rings (SSSR count). The van der Waals surface area contributed by atoms with Gasteiger partial charge < -0.3 is 19.7 Å². The number of rotatable bonds is 3. The lowest BCUT2D eigenvalue weighted by atomic mass is 9.47. The molecule has 0 aromatic heterocycles. The largest absolute Gasteiger partial charge is 0.493 e. The van der Waals surface area contributed by atoms with Crippen molar-refractivity contribution in [3.63, 3.8) is 0 Å². The minimum atomic E-state index is -0.513. The summed E-state index contributed by atoms with van der Waals surface area (Å²) >= 11 is 0. The molecule has 1 spiro atoms. The fourth-order valence-electron chi connectivity index (χ4n) is 6.78. The number of Topliss-reactive ketones (excluding diaryl/α,β-unsaturated/α-hetero) is 1. The summed E-state index contributed by atoms with van der Waals surface area (Å²) in [5, 5.41) is 3.83. The van der Waals surface area contributed by atoms with Gasteiger partial charge in [0, 0.05) is 23.7 Å². The Balaban J connectivity index is 1.62. The third-order valence-corrected chi connectivity index (χ3v) is 8.00. The Morgan fingerprint density at radius 1 is 1.20 bits per heavy atom. The highest BCUT2D eigenvalue weighted by molar-refractivity contribution is 5.90. The van der Waals surface area contributed by atoms with Crippen LogP contribution in [0.5, 0.6) is 11.5 Å². The Morgan fingerprint density at radius 3 is 2.77 bits per heavy atom. The molecule has 156 valence electrons. The van der Waals surface area contributed by atoms with E-state index in [1.54, 1.807) is 19.2 Å². The Bertz CT molecular complexity index is 1060. The fraction of sp³-hybridized carbons (Fsp3) is 0.458. The molecule has 1 saturated carbocycles. The summed E-state index contributed by atoms with van der Waals surface area (Å²) in [5.41, 5.74) is 2.45. The molecule has 1 N–H and O–H groups in total. The predicted molar refractivity (Wildman–Crippen MR) is 111 cm³/mol. The van der Waals surface area contributed by atoms with Gasteiger partial charge in [0.15, 0.2) is 23.4 Å². The Kier molecular flexibility index (Phi) is 3.62. The van der Waals surface area contributed by atoms with Gasteiger partial charge in [0.25, 0.3) is 0 Å². The van der Waals surface area contributed by atoms with E-state index < -0.39 is 11.5 Å². The Labute approximate surface area is 175 Å². The second kappa shape index (κ2) is 5.97. The maximum absolute atomic E-state index is 13.6. The smallest absolute Gasteiger partial charge is 0.174 e. The van der Waals surface area contributed by atoms with E-state index in [1.807, 2.05) is 6.07 Å². The van der Waals surface area contributed by atoms with Crippen LogP contribution in [0.25, 0.3) is 0 Å². The quantitative estimate of drug-likeness (QED) is 0.845. The van der Waals surface area contributed by atoms with E-state index in [2.05, 4.69) is 23.3 Å². The number of hydrogen-bond acceptors (Lipinski definition) is 5. The molecule has 2 aliphatic heterocycles. The van der Waals surface area contributed by atoms with Crippen LogP contribution in [-0.2, 0) is 16.6 Å². The van der Waals surface area contributed by atoms with E-state index in [-0.39, 0.29) is 23.2 Å². The number of methoxy groups -OCH3 is 1. The molecule has 4 atom stereocenters. The molecular weight excluding hydrogens is 383 g/mol. The zero-order chi connectivity index (χ0) is 20.7. The van der Waals surface area contributed by atoms with E-state index in [1.165, 1.54) is 17.7 Å². The van der Waals surface area contributed by atoms with Crippen LogP contribution in [0.3, 0.4) is 0 Å². The lowest BCUT2D eigenvalue weighted by molar-refractivity contribution is -0.139. The number of nitrogens with one attached hydrogen (secondary N) is 1. The molecule has 4 unspecified atom stereocenters. The monoisotopic (exact) mass is 408 g/mol. The summed E-state index contributed by atoms with van der Waals surface area (Å²) in [6.07, 6.45) is 2.40. The number of likely N-dealkylation sites (N-methyl/N-ethyl adjacent to an activating group) is 1. The second-order valence-electron chi connectivity index (χ2n) is 9.12. The molecule has 5 nitrogen and oxygen atoms in total. The van der Waals surface area contributed by atoms with Crippen molar-refractivity contribution in [2.75, 3.05) is 26.0 Å². The normalized spacial score (nSPS) is 33.6. The first-order chi connectivity index (χ1) is 14.5. The van der Waals surface area contributed by atoms with Crippen molar-refractivity contribution in [3.05, 3.63) is 53.3 Å². The number of piperidine rings is 1. The highest BCUT2D eigenvalue weighted by Gasteiger charge is 2.73. The standard InChI is InChI=1S/C24H25FN2O3/c1-27-12-11-23-20-14-3-8-18(29-2)21(20)30-22(23)17(28)9-10-24(23,19(27)13-14)26-16-6-4-15(25)5-7-16/h3-8,19,22,26H,9-13H2,1-2H3. The Hall–Kier alpha value is -2.60. The van der Waals surface area contributed by atoms with E-state index in [0.717, 1.165) is 42.8 Å². The number of halogens is 1. The van der Waals surface area contributed by atoms with Gasteiger partial charge in [0.1, 0.15) is 5.82 Å². The minimum Gasteiger partial charge on any atom is -0.493 e.